The highest BCUT2D eigenvalue weighted by Crippen LogP contribution is 2.28. The smallest absolute Gasteiger partial charge is 0.278 e. The summed E-state index contributed by atoms with van der Waals surface area (Å²) >= 11 is 0. The summed E-state index contributed by atoms with van der Waals surface area (Å²) in [6, 6.07) is 22.8. The van der Waals surface area contributed by atoms with E-state index in [2.05, 4.69) is 4.98 Å². The van der Waals surface area contributed by atoms with Crippen molar-refractivity contribution in [3.8, 4) is 17.1 Å². The molecule has 5 rings (SSSR count). The zero-order chi connectivity index (χ0) is 22.9. The Morgan fingerprint density at radius 1 is 0.939 bits per heavy atom. The highest BCUT2D eigenvalue weighted by Gasteiger charge is 2.21. The predicted molar refractivity (Wildman–Crippen MR) is 128 cm³/mol. The number of aromatic nitrogens is 3. The Hall–Kier alpha value is -4.19. The second kappa shape index (κ2) is 8.39. The van der Waals surface area contributed by atoms with Crippen molar-refractivity contribution in [3.63, 3.8) is 0 Å². The summed E-state index contributed by atoms with van der Waals surface area (Å²) in [5.74, 6) is 0.0187. The Labute approximate surface area is 190 Å². The number of nitrogens with two attached hydrogens (primary N) is 1. The number of imidazole rings is 1. The third kappa shape index (κ3) is 4.03. The van der Waals surface area contributed by atoms with Gasteiger partial charge in [0.1, 0.15) is 5.69 Å². The Bertz CT molecular complexity index is 1450. The minimum absolute atomic E-state index is 0.0543. The van der Waals surface area contributed by atoms with Crippen molar-refractivity contribution < 1.29 is 4.39 Å². The number of nitrogens with one attached hydrogen (secondary N) is 1. The SMILES string of the molecule is Cc1ccc(Cc2nc3c(Cc4ccccc4)[nH]c(-c4cccc(N)c4F)cn-3c2=O)cc1. The third-order valence-electron chi connectivity index (χ3n) is 5.78. The van der Waals surface area contributed by atoms with E-state index < -0.39 is 5.82 Å². The van der Waals surface area contributed by atoms with Crippen LogP contribution in [0.1, 0.15) is 28.1 Å². The largest absolute Gasteiger partial charge is 0.396 e. The summed E-state index contributed by atoms with van der Waals surface area (Å²) in [7, 11) is 0. The van der Waals surface area contributed by atoms with Crippen molar-refractivity contribution >= 4 is 5.69 Å². The highest BCUT2D eigenvalue weighted by molar-refractivity contribution is 5.66. The quantitative estimate of drug-likeness (QED) is 0.384. The van der Waals surface area contributed by atoms with Gasteiger partial charge in [-0.3, -0.25) is 9.36 Å². The van der Waals surface area contributed by atoms with Gasteiger partial charge in [-0.2, -0.15) is 0 Å². The molecule has 0 amide bonds. The van der Waals surface area contributed by atoms with E-state index in [1.54, 1.807) is 18.3 Å². The minimum Gasteiger partial charge on any atom is -0.396 e. The zero-order valence-corrected chi connectivity index (χ0v) is 18.2. The van der Waals surface area contributed by atoms with Crippen LogP contribution in [0.3, 0.4) is 0 Å². The van der Waals surface area contributed by atoms with Gasteiger partial charge in [-0.25, -0.2) is 9.37 Å². The van der Waals surface area contributed by atoms with Crippen LogP contribution in [0, 0.1) is 12.7 Å². The number of nitrogens with zero attached hydrogens (tertiary/aromatic N) is 2. The molecule has 3 N–H and O–H groups in total. The molecule has 0 aliphatic carbocycles. The van der Waals surface area contributed by atoms with Crippen molar-refractivity contribution in [1.29, 1.82) is 0 Å². The Morgan fingerprint density at radius 2 is 1.67 bits per heavy atom. The second-order valence-electron chi connectivity index (χ2n) is 8.24. The molecule has 33 heavy (non-hydrogen) atoms. The lowest BCUT2D eigenvalue weighted by Crippen LogP contribution is -2.18. The number of benzene rings is 3. The molecule has 0 saturated heterocycles. The fourth-order valence-electron chi connectivity index (χ4n) is 4.01. The molecule has 2 heterocycles. The topological polar surface area (TPSA) is 76.7 Å². The lowest BCUT2D eigenvalue weighted by atomic mass is 10.1. The number of nitrogen functional groups attached to an aromatic ring is 1. The molecular weight excluding hydrogens is 415 g/mol. The Kier molecular flexibility index (Phi) is 5.26. The molecule has 164 valence electrons. The van der Waals surface area contributed by atoms with Crippen LogP contribution in [0.15, 0.2) is 83.8 Å². The van der Waals surface area contributed by atoms with Gasteiger partial charge in [0.15, 0.2) is 11.6 Å². The average Bonchev–Trinajstić information content (AvgIpc) is 3.13. The van der Waals surface area contributed by atoms with Gasteiger partial charge in [-0.1, -0.05) is 66.2 Å². The van der Waals surface area contributed by atoms with E-state index >= 15 is 0 Å². The van der Waals surface area contributed by atoms with E-state index in [9.17, 15) is 9.18 Å². The average molecular weight is 439 g/mol. The van der Waals surface area contributed by atoms with Gasteiger partial charge in [-0.05, 0) is 30.2 Å². The molecule has 0 spiro atoms. The molecule has 5 nitrogen and oxygen atoms in total. The van der Waals surface area contributed by atoms with Crippen LogP contribution < -0.4 is 11.3 Å². The summed E-state index contributed by atoms with van der Waals surface area (Å²) in [5, 5.41) is 0. The fraction of sp³-hybridized carbons (Fsp3) is 0.111. The number of aromatic amines is 1. The lowest BCUT2D eigenvalue weighted by Gasteiger charge is -2.14. The lowest BCUT2D eigenvalue weighted by molar-refractivity contribution is 0.635. The van der Waals surface area contributed by atoms with Crippen LogP contribution in [0.5, 0.6) is 0 Å². The molecule has 0 bridgehead atoms. The monoisotopic (exact) mass is 438 g/mol. The number of rotatable bonds is 5. The van der Waals surface area contributed by atoms with Crippen LogP contribution in [-0.2, 0) is 12.8 Å². The molecule has 0 aromatic heterocycles. The first kappa shape index (κ1) is 20.7. The van der Waals surface area contributed by atoms with E-state index in [0.717, 1.165) is 22.4 Å². The van der Waals surface area contributed by atoms with Crippen molar-refractivity contribution in [2.45, 2.75) is 19.8 Å². The molecule has 0 radical (unpaired) electrons. The van der Waals surface area contributed by atoms with Gasteiger partial charge >= 0.3 is 0 Å². The van der Waals surface area contributed by atoms with Gasteiger partial charge in [0.05, 0.1) is 17.1 Å². The second-order valence-corrected chi connectivity index (χ2v) is 8.24. The molecule has 3 aromatic rings. The molecule has 3 aromatic carbocycles. The van der Waals surface area contributed by atoms with Crippen molar-refractivity contribution in [2.24, 2.45) is 0 Å². The number of H-pyrrole nitrogens is 1. The van der Waals surface area contributed by atoms with Crippen LogP contribution in [-0.4, -0.2) is 14.5 Å². The molecule has 2 aliphatic heterocycles. The predicted octanol–water partition coefficient (Wildman–Crippen LogP) is 4.88. The number of hydrogen-bond acceptors (Lipinski definition) is 3. The Balaban J connectivity index is 1.67. The maximum absolute atomic E-state index is 14.8. The maximum atomic E-state index is 14.8. The third-order valence-corrected chi connectivity index (χ3v) is 5.78. The standard InChI is InChI=1S/C27H23FN4O/c1-17-10-12-19(13-11-17)15-23-27(33)32-16-24(20-8-5-9-21(29)25(20)28)30-22(26(32)31-23)14-18-6-3-2-4-7-18/h2-13,16,30H,14-15,29H2,1H3. The van der Waals surface area contributed by atoms with E-state index in [1.165, 1.54) is 10.6 Å². The first-order valence-electron chi connectivity index (χ1n) is 10.8. The Morgan fingerprint density at radius 3 is 2.42 bits per heavy atom. The summed E-state index contributed by atoms with van der Waals surface area (Å²) in [4.78, 5) is 21.3. The summed E-state index contributed by atoms with van der Waals surface area (Å²) in [6.45, 7) is 2.02. The molecule has 0 unspecified atom stereocenters. The maximum Gasteiger partial charge on any atom is 0.278 e. The molecule has 6 heteroatoms. The molecule has 2 aliphatic rings. The van der Waals surface area contributed by atoms with E-state index in [4.69, 9.17) is 10.7 Å². The first-order valence-corrected chi connectivity index (χ1v) is 10.8. The summed E-state index contributed by atoms with van der Waals surface area (Å²) < 4.78 is 16.3. The van der Waals surface area contributed by atoms with E-state index in [1.807, 2.05) is 61.5 Å². The fourth-order valence-corrected chi connectivity index (χ4v) is 4.01. The van der Waals surface area contributed by atoms with Gasteiger partial charge in [0.25, 0.3) is 5.56 Å². The van der Waals surface area contributed by atoms with Crippen molar-refractivity contribution in [3.05, 3.63) is 123 Å². The zero-order valence-electron chi connectivity index (χ0n) is 18.2. The van der Waals surface area contributed by atoms with Gasteiger partial charge < -0.3 is 10.7 Å². The van der Waals surface area contributed by atoms with E-state index in [0.29, 0.717) is 35.6 Å². The van der Waals surface area contributed by atoms with Crippen LogP contribution in [0.25, 0.3) is 17.1 Å². The van der Waals surface area contributed by atoms with Crippen molar-refractivity contribution in [1.82, 2.24) is 14.5 Å². The number of fused-ring (bicyclic) bond motifs is 1. The number of anilines is 1. The van der Waals surface area contributed by atoms with Crippen molar-refractivity contribution in [2.75, 3.05) is 5.73 Å². The van der Waals surface area contributed by atoms with Crippen LogP contribution in [0.4, 0.5) is 10.1 Å². The first-order chi connectivity index (χ1) is 16.0. The van der Waals surface area contributed by atoms with Crippen LogP contribution >= 0.6 is 0 Å². The molecule has 0 saturated carbocycles. The van der Waals surface area contributed by atoms with E-state index in [-0.39, 0.29) is 11.2 Å². The molecule has 0 atom stereocenters. The van der Waals surface area contributed by atoms with Gasteiger partial charge in [0.2, 0.25) is 0 Å². The number of hydrogen-bond donors (Lipinski definition) is 2. The summed E-state index contributed by atoms with van der Waals surface area (Å²) in [5.41, 5.74) is 10.8. The van der Waals surface area contributed by atoms with Gasteiger partial charge in [-0.15, -0.1) is 0 Å². The molecule has 0 fully saturated rings. The normalized spacial score (nSPS) is 11.2. The number of aryl methyl sites for hydroxylation is 1. The molecular formula is C27H23FN4O. The minimum atomic E-state index is -0.522. The highest BCUT2D eigenvalue weighted by atomic mass is 19.1. The number of halogens is 1. The van der Waals surface area contributed by atoms with Crippen LogP contribution in [0.2, 0.25) is 0 Å². The van der Waals surface area contributed by atoms with Gasteiger partial charge in [0, 0.05) is 24.6 Å². The summed E-state index contributed by atoms with van der Waals surface area (Å²) in [6.07, 6.45) is 2.55.